The first kappa shape index (κ1) is 28.0. The van der Waals surface area contributed by atoms with E-state index in [1.54, 1.807) is 48.8 Å². The molecule has 218 valence electrons. The van der Waals surface area contributed by atoms with E-state index in [2.05, 4.69) is 4.98 Å². The molecule has 3 aromatic carbocycles. The zero-order valence-corrected chi connectivity index (χ0v) is 24.0. The molecule has 4 aromatic rings. The number of ketones is 1. The van der Waals surface area contributed by atoms with Crippen molar-refractivity contribution in [3.63, 3.8) is 0 Å². The predicted octanol–water partition coefficient (Wildman–Crippen LogP) is 6.00. The number of aromatic nitrogens is 1. The first-order valence-electron chi connectivity index (χ1n) is 14.3. The lowest BCUT2D eigenvalue weighted by molar-refractivity contribution is -0.140. The monoisotopic (exact) mass is 576 g/mol. The van der Waals surface area contributed by atoms with Crippen LogP contribution in [-0.2, 0) is 29.2 Å². The van der Waals surface area contributed by atoms with E-state index < -0.39 is 17.7 Å². The fourth-order valence-corrected chi connectivity index (χ4v) is 5.62. The van der Waals surface area contributed by atoms with Crippen molar-refractivity contribution >= 4 is 17.4 Å². The van der Waals surface area contributed by atoms with Gasteiger partial charge in [-0.1, -0.05) is 36.4 Å². The Labute approximate surface area is 250 Å². The molecule has 0 radical (unpaired) electrons. The van der Waals surface area contributed by atoms with Gasteiger partial charge in [-0.2, -0.15) is 0 Å². The Balaban J connectivity index is 1.43. The van der Waals surface area contributed by atoms with Gasteiger partial charge in [-0.25, -0.2) is 0 Å². The molecular formula is C35H32N2O6. The van der Waals surface area contributed by atoms with Gasteiger partial charge in [0.25, 0.3) is 11.7 Å². The second-order valence-corrected chi connectivity index (χ2v) is 10.7. The van der Waals surface area contributed by atoms with Gasteiger partial charge in [0, 0.05) is 30.9 Å². The molecule has 1 fully saturated rings. The Kier molecular flexibility index (Phi) is 7.83. The molecule has 43 heavy (non-hydrogen) atoms. The van der Waals surface area contributed by atoms with Gasteiger partial charge in [-0.15, -0.1) is 0 Å². The maximum Gasteiger partial charge on any atom is 0.295 e. The third kappa shape index (κ3) is 5.68. The van der Waals surface area contributed by atoms with E-state index in [1.807, 2.05) is 56.3 Å². The average Bonchev–Trinajstić information content (AvgIpc) is 3.52. The number of amides is 1. The molecule has 0 unspecified atom stereocenters. The summed E-state index contributed by atoms with van der Waals surface area (Å²) in [5, 5.41) is 11.6. The molecular weight excluding hydrogens is 544 g/mol. The summed E-state index contributed by atoms with van der Waals surface area (Å²) < 4.78 is 17.9. The molecule has 1 aromatic heterocycles. The summed E-state index contributed by atoms with van der Waals surface area (Å²) in [4.78, 5) is 32.7. The van der Waals surface area contributed by atoms with Crippen molar-refractivity contribution in [2.24, 2.45) is 0 Å². The van der Waals surface area contributed by atoms with Gasteiger partial charge in [0.1, 0.15) is 24.2 Å². The number of aliphatic hydroxyl groups is 1. The Morgan fingerprint density at radius 1 is 0.953 bits per heavy atom. The van der Waals surface area contributed by atoms with E-state index in [9.17, 15) is 14.7 Å². The number of Topliss-reactive ketones (excluding diaryl/α,β-unsaturated/α-hetero) is 1. The van der Waals surface area contributed by atoms with Gasteiger partial charge in [0.15, 0.2) is 11.5 Å². The van der Waals surface area contributed by atoms with Gasteiger partial charge in [-0.3, -0.25) is 14.6 Å². The Morgan fingerprint density at radius 3 is 2.51 bits per heavy atom. The van der Waals surface area contributed by atoms with E-state index in [4.69, 9.17) is 14.2 Å². The van der Waals surface area contributed by atoms with Crippen LogP contribution in [0.1, 0.15) is 47.7 Å². The van der Waals surface area contributed by atoms with Crippen LogP contribution >= 0.6 is 0 Å². The molecule has 0 bridgehead atoms. The Bertz CT molecular complexity index is 1690. The number of likely N-dealkylation sites (tertiary alicyclic amines) is 1. The van der Waals surface area contributed by atoms with Crippen molar-refractivity contribution in [1.82, 2.24) is 9.88 Å². The molecule has 0 spiro atoms. The summed E-state index contributed by atoms with van der Waals surface area (Å²) >= 11 is 0. The van der Waals surface area contributed by atoms with Crippen LogP contribution in [0.3, 0.4) is 0 Å². The van der Waals surface area contributed by atoms with Crippen LogP contribution in [0.15, 0.2) is 96.8 Å². The van der Waals surface area contributed by atoms with E-state index in [0.29, 0.717) is 42.3 Å². The quantitative estimate of drug-likeness (QED) is 0.148. The zero-order chi connectivity index (χ0) is 29.9. The van der Waals surface area contributed by atoms with Crippen molar-refractivity contribution in [3.8, 4) is 17.2 Å². The predicted molar refractivity (Wildman–Crippen MR) is 161 cm³/mol. The number of aliphatic hydroxyl groups excluding tert-OH is 1. The van der Waals surface area contributed by atoms with Crippen molar-refractivity contribution in [2.75, 3.05) is 6.61 Å². The van der Waals surface area contributed by atoms with E-state index in [-0.39, 0.29) is 24.0 Å². The van der Waals surface area contributed by atoms with Crippen LogP contribution in [0, 0.1) is 0 Å². The summed E-state index contributed by atoms with van der Waals surface area (Å²) in [7, 11) is 0. The van der Waals surface area contributed by atoms with Crippen molar-refractivity contribution < 1.29 is 28.9 Å². The highest BCUT2D eigenvalue weighted by molar-refractivity contribution is 6.46. The van der Waals surface area contributed by atoms with Crippen LogP contribution in [-0.4, -0.2) is 39.4 Å². The number of fused-ring (bicyclic) bond motifs is 1. The highest BCUT2D eigenvalue weighted by Crippen LogP contribution is 2.43. The lowest BCUT2D eigenvalue weighted by Gasteiger charge is -2.26. The van der Waals surface area contributed by atoms with Gasteiger partial charge < -0.3 is 24.2 Å². The fourth-order valence-electron chi connectivity index (χ4n) is 5.62. The third-order valence-electron chi connectivity index (χ3n) is 7.63. The van der Waals surface area contributed by atoms with Gasteiger partial charge in [0.2, 0.25) is 0 Å². The normalized spacial score (nSPS) is 18.8. The molecule has 8 heteroatoms. The lowest BCUT2D eigenvalue weighted by Crippen LogP contribution is -2.29. The molecule has 0 aliphatic carbocycles. The maximum atomic E-state index is 13.6. The summed E-state index contributed by atoms with van der Waals surface area (Å²) in [5.41, 5.74) is 3.84. The third-order valence-corrected chi connectivity index (χ3v) is 7.63. The first-order chi connectivity index (χ1) is 20.9. The maximum absolute atomic E-state index is 13.6. The first-order valence-corrected chi connectivity index (χ1v) is 14.3. The highest BCUT2D eigenvalue weighted by Gasteiger charge is 2.46. The van der Waals surface area contributed by atoms with Crippen molar-refractivity contribution in [1.29, 1.82) is 0 Å². The molecule has 1 N–H and O–H groups in total. The molecule has 3 heterocycles. The number of ether oxygens (including phenoxy) is 3. The van der Waals surface area contributed by atoms with E-state index in [0.717, 1.165) is 22.4 Å². The van der Waals surface area contributed by atoms with Crippen LogP contribution in [0.25, 0.3) is 5.76 Å². The molecule has 2 aliphatic heterocycles. The molecule has 2 aliphatic rings. The van der Waals surface area contributed by atoms with Gasteiger partial charge >= 0.3 is 0 Å². The number of hydrogen-bond acceptors (Lipinski definition) is 7. The fraction of sp³-hybridized carbons (Fsp3) is 0.229. The molecule has 8 nitrogen and oxygen atoms in total. The number of hydrogen-bond donors (Lipinski definition) is 1. The number of nitrogens with zero attached hydrogens (tertiary/aromatic N) is 2. The van der Waals surface area contributed by atoms with E-state index in [1.165, 1.54) is 4.90 Å². The number of pyridine rings is 1. The number of rotatable bonds is 9. The SMILES string of the molecule is CCOc1cc([C@@H]2/C(=C(\O)c3ccc4c(c3)C[C@H](C)O4)C(=O)C(=O)N2Cc2ccncc2)ccc1OCc1ccccc1. The summed E-state index contributed by atoms with van der Waals surface area (Å²) in [6, 6.07) is 23.2. The molecule has 1 saturated heterocycles. The average molecular weight is 577 g/mol. The number of carbonyl (C=O) groups excluding carboxylic acids is 2. The Morgan fingerprint density at radius 2 is 1.74 bits per heavy atom. The van der Waals surface area contributed by atoms with Crippen molar-refractivity contribution in [2.45, 2.75) is 45.6 Å². The minimum Gasteiger partial charge on any atom is -0.507 e. The van der Waals surface area contributed by atoms with Crippen LogP contribution in [0.5, 0.6) is 17.2 Å². The lowest BCUT2D eigenvalue weighted by atomic mass is 9.94. The minimum atomic E-state index is -0.862. The summed E-state index contributed by atoms with van der Waals surface area (Å²) in [6.45, 7) is 4.74. The van der Waals surface area contributed by atoms with Gasteiger partial charge in [-0.05, 0) is 78.6 Å². The topological polar surface area (TPSA) is 98.2 Å². The van der Waals surface area contributed by atoms with Crippen LogP contribution in [0.2, 0.25) is 0 Å². The standard InChI is InChI=1S/C35H32N2O6/c1-3-41-30-19-25(9-12-29(30)42-21-24-7-5-4-6-8-24)32-31(33(38)26-10-11-28-27(18-26)17-22(2)43-28)34(39)35(40)37(32)20-23-13-15-36-16-14-23/h4-16,18-19,22,32,38H,3,17,20-21H2,1-2H3/b33-31+/t22-,32+/m0/s1. The van der Waals surface area contributed by atoms with Gasteiger partial charge in [0.05, 0.1) is 18.2 Å². The molecule has 2 atom stereocenters. The smallest absolute Gasteiger partial charge is 0.295 e. The molecule has 6 rings (SSSR count). The highest BCUT2D eigenvalue weighted by atomic mass is 16.5. The second-order valence-electron chi connectivity index (χ2n) is 10.7. The second kappa shape index (κ2) is 12.0. The largest absolute Gasteiger partial charge is 0.507 e. The molecule has 1 amide bonds. The Hall–Kier alpha value is -5.11. The summed E-state index contributed by atoms with van der Waals surface area (Å²) in [5.74, 6) is 0.103. The van der Waals surface area contributed by atoms with Crippen molar-refractivity contribution in [3.05, 3.63) is 125 Å². The number of carbonyl (C=O) groups is 2. The van der Waals surface area contributed by atoms with Crippen LogP contribution < -0.4 is 14.2 Å². The zero-order valence-electron chi connectivity index (χ0n) is 24.0. The van der Waals surface area contributed by atoms with Crippen LogP contribution in [0.4, 0.5) is 0 Å². The van der Waals surface area contributed by atoms with E-state index >= 15 is 0 Å². The number of benzene rings is 3. The minimum absolute atomic E-state index is 0.0198. The summed E-state index contributed by atoms with van der Waals surface area (Å²) in [6.07, 6.45) is 4.00. The molecule has 0 saturated carbocycles.